The van der Waals surface area contributed by atoms with E-state index in [0.29, 0.717) is 0 Å². The first kappa shape index (κ1) is 35.4. The maximum absolute atomic E-state index is 5.00. The van der Waals surface area contributed by atoms with Crippen molar-refractivity contribution < 1.29 is 26.0 Å². The first-order valence-corrected chi connectivity index (χ1v) is 18.6. The van der Waals surface area contributed by atoms with E-state index in [4.69, 9.17) is 9.92 Å². The van der Waals surface area contributed by atoms with Gasteiger partial charge in [0.25, 0.3) is 0 Å². The molecular weight excluding hydrogens is 868 g/mol. The van der Waals surface area contributed by atoms with Crippen molar-refractivity contribution in [2.75, 3.05) is 17.2 Å². The summed E-state index contributed by atoms with van der Waals surface area (Å²) in [5, 5.41) is 6.17. The molecule has 274 valence electrons. The zero-order chi connectivity index (χ0) is 36.9. The average Bonchev–Trinajstić information content (AvgIpc) is 3.76. The van der Waals surface area contributed by atoms with Gasteiger partial charge in [-0.05, 0) is 70.5 Å². The molecular formula is C50H37N4OPt-. The van der Waals surface area contributed by atoms with Crippen LogP contribution >= 0.6 is 0 Å². The third-order valence-electron chi connectivity index (χ3n) is 10.9. The van der Waals surface area contributed by atoms with E-state index in [1.165, 1.54) is 11.1 Å². The molecule has 0 unspecified atom stereocenters. The van der Waals surface area contributed by atoms with Gasteiger partial charge in [-0.25, -0.2) is 4.98 Å². The Hall–Kier alpha value is -6.26. The summed E-state index contributed by atoms with van der Waals surface area (Å²) in [6.45, 7) is 2.16. The first-order valence-electron chi connectivity index (χ1n) is 18.6. The van der Waals surface area contributed by atoms with Crippen LogP contribution in [0, 0.1) is 19.1 Å². The number of fused-ring (bicyclic) bond motifs is 4. The van der Waals surface area contributed by atoms with Gasteiger partial charge in [-0.2, -0.15) is 35.3 Å². The van der Waals surface area contributed by atoms with Crippen molar-refractivity contribution in [2.45, 2.75) is 12.3 Å². The molecule has 0 radical (unpaired) electrons. The second kappa shape index (κ2) is 14.4. The monoisotopic (exact) mass is 904 g/mol. The standard InChI is InChI=1S/C50H36N4O.Pt/c1-35-16-9-10-23-42(35)36-30-31-51-49(32-36)53-45-25-12-11-24-43(45)44-29-28-40(34-48(44)53)50(37-17-5-3-6-18-37,38-19-7-4-8-20-38)39-21-15-22-41(33-39)54-47-27-14-13-26-46(47)52(2)55-54;/h3-32H,1-2H3;/q-2;/p+1. The van der Waals surface area contributed by atoms with Gasteiger partial charge in [-0.3, -0.25) is 0 Å². The van der Waals surface area contributed by atoms with Crippen LogP contribution in [-0.2, 0) is 26.5 Å². The van der Waals surface area contributed by atoms with Crippen molar-refractivity contribution in [3.8, 4) is 16.9 Å². The van der Waals surface area contributed by atoms with Gasteiger partial charge in [-0.15, -0.1) is 38.8 Å². The Balaban J connectivity index is 0.00000410. The number of para-hydroxylation sites is 3. The molecule has 2 aromatic heterocycles. The number of aryl methyl sites for hydroxylation is 1. The molecule has 0 saturated heterocycles. The first-order chi connectivity index (χ1) is 27.1. The smallest absolute Gasteiger partial charge is 0.145 e. The van der Waals surface area contributed by atoms with Crippen molar-refractivity contribution in [3.63, 3.8) is 0 Å². The minimum atomic E-state index is -0.796. The number of rotatable bonds is 7. The molecule has 0 atom stereocenters. The Morgan fingerprint density at radius 3 is 2.02 bits per heavy atom. The fraction of sp³-hybridized carbons (Fsp3) is 0.0600. The number of pyridine rings is 1. The third kappa shape index (κ3) is 5.66. The van der Waals surface area contributed by atoms with E-state index in [-0.39, 0.29) is 21.1 Å². The Bertz CT molecular complexity index is 2810. The summed E-state index contributed by atoms with van der Waals surface area (Å²) in [6.07, 6.45) is 1.92. The normalized spacial score (nSPS) is 12.5. The van der Waals surface area contributed by atoms with E-state index in [0.717, 1.165) is 72.5 Å². The number of hydrogen-bond donors (Lipinski definition) is 0. The van der Waals surface area contributed by atoms with Gasteiger partial charge in [0, 0.05) is 43.9 Å². The number of nitrogens with zero attached hydrogens (tertiary/aromatic N) is 4. The summed E-state index contributed by atoms with van der Waals surface area (Å²) in [4.78, 5) is 9.93. The number of hydrogen-bond acceptors (Lipinski definition) is 3. The maximum Gasteiger partial charge on any atom is 0.145 e. The molecule has 1 aliphatic rings. The van der Waals surface area contributed by atoms with Gasteiger partial charge in [0.1, 0.15) is 17.2 Å². The fourth-order valence-corrected chi connectivity index (χ4v) is 8.39. The maximum atomic E-state index is 5.00. The van der Waals surface area contributed by atoms with Gasteiger partial charge >= 0.3 is 0 Å². The second-order valence-electron chi connectivity index (χ2n) is 14.0. The molecule has 10 rings (SSSR count). The Kier molecular flexibility index (Phi) is 9.13. The summed E-state index contributed by atoms with van der Waals surface area (Å²) >= 11 is 0. The van der Waals surface area contributed by atoms with Gasteiger partial charge in [0.2, 0.25) is 0 Å². The summed E-state index contributed by atoms with van der Waals surface area (Å²) in [7, 11) is 1.98. The summed E-state index contributed by atoms with van der Waals surface area (Å²) < 4.78 is 2.27. The predicted octanol–water partition coefficient (Wildman–Crippen LogP) is 11.6. The molecule has 0 amide bonds. The molecule has 1 aliphatic heterocycles. The van der Waals surface area contributed by atoms with E-state index in [1.54, 1.807) is 0 Å². The van der Waals surface area contributed by atoms with E-state index < -0.39 is 5.41 Å². The Labute approximate surface area is 341 Å². The van der Waals surface area contributed by atoms with Crippen molar-refractivity contribution in [2.24, 2.45) is 0 Å². The van der Waals surface area contributed by atoms with Crippen LogP contribution in [-0.4, -0.2) is 21.5 Å². The zero-order valence-corrected chi connectivity index (χ0v) is 33.1. The molecule has 0 aliphatic carbocycles. The van der Waals surface area contributed by atoms with Gasteiger partial charge in [-0.1, -0.05) is 121 Å². The van der Waals surface area contributed by atoms with Gasteiger partial charge in [0.05, 0.1) is 7.05 Å². The van der Waals surface area contributed by atoms with Crippen LogP contribution in [0.4, 0.5) is 17.1 Å². The zero-order valence-electron chi connectivity index (χ0n) is 30.9. The molecule has 0 spiro atoms. The molecule has 0 bridgehead atoms. The predicted molar refractivity (Wildman–Crippen MR) is 224 cm³/mol. The van der Waals surface area contributed by atoms with Crippen molar-refractivity contribution in [1.82, 2.24) is 9.55 Å². The number of anilines is 3. The summed E-state index contributed by atoms with van der Waals surface area (Å²) in [5.41, 5.74) is 11.9. The SMILES string of the molecule is Cc1ccccc1-c1ccnc(-n2c3[c-]c(C(c4[c-]c(N5[OH+]N(C)c6ccccc65)ccc4)(c4ccccc4)c4ccccc4)ccc3c3ccccc32)c1.[Pt]. The molecule has 5 nitrogen and oxygen atoms in total. The summed E-state index contributed by atoms with van der Waals surface area (Å²) in [5.74, 6) is 0.845. The molecule has 6 heteroatoms. The van der Waals surface area contributed by atoms with Crippen LogP contribution in [0.15, 0.2) is 182 Å². The third-order valence-corrected chi connectivity index (χ3v) is 10.9. The molecule has 7 aromatic carbocycles. The van der Waals surface area contributed by atoms with Crippen LogP contribution in [0.1, 0.15) is 27.8 Å². The van der Waals surface area contributed by atoms with Crippen molar-refractivity contribution >= 4 is 38.9 Å². The van der Waals surface area contributed by atoms with Crippen LogP contribution < -0.4 is 10.1 Å². The van der Waals surface area contributed by atoms with Crippen LogP contribution in [0.2, 0.25) is 0 Å². The second-order valence-corrected chi connectivity index (χ2v) is 14.0. The summed E-state index contributed by atoms with van der Waals surface area (Å²) in [6, 6.07) is 70.1. The molecule has 0 saturated carbocycles. The van der Waals surface area contributed by atoms with E-state index >= 15 is 0 Å². The van der Waals surface area contributed by atoms with Crippen LogP contribution in [0.3, 0.4) is 0 Å². The van der Waals surface area contributed by atoms with Crippen LogP contribution in [0.5, 0.6) is 0 Å². The number of hydroxylamine groups is 1. The van der Waals surface area contributed by atoms with Gasteiger partial charge in [0.15, 0.2) is 0 Å². The quantitative estimate of drug-likeness (QED) is 0.0908. The average molecular weight is 905 g/mol. The van der Waals surface area contributed by atoms with E-state index in [9.17, 15) is 0 Å². The van der Waals surface area contributed by atoms with Crippen molar-refractivity contribution in [1.29, 1.82) is 0 Å². The van der Waals surface area contributed by atoms with Crippen LogP contribution in [0.25, 0.3) is 38.8 Å². The minimum absolute atomic E-state index is 0. The topological polar surface area (TPSA) is 37.1 Å². The Morgan fingerprint density at radius 2 is 1.25 bits per heavy atom. The van der Waals surface area contributed by atoms with Gasteiger partial charge < -0.3 is 4.57 Å². The molecule has 3 heterocycles. The minimum Gasteiger partial charge on any atom is -0.319 e. The van der Waals surface area contributed by atoms with E-state index in [2.05, 4.69) is 193 Å². The molecule has 56 heavy (non-hydrogen) atoms. The fourth-order valence-electron chi connectivity index (χ4n) is 8.39. The molecule has 1 N–H and O–H groups in total. The number of aromatic nitrogens is 2. The van der Waals surface area contributed by atoms with E-state index in [1.807, 2.05) is 29.4 Å². The largest absolute Gasteiger partial charge is 0.319 e. The molecule has 0 fully saturated rings. The van der Waals surface area contributed by atoms with Crippen molar-refractivity contribution in [3.05, 3.63) is 222 Å². The number of benzene rings is 7. The molecule has 9 aromatic rings. The Morgan fingerprint density at radius 1 is 0.589 bits per heavy atom.